The zero-order valence-electron chi connectivity index (χ0n) is 12.7. The summed E-state index contributed by atoms with van der Waals surface area (Å²) in [5.41, 5.74) is 1.12. The molecule has 7 heteroatoms. The van der Waals surface area contributed by atoms with Gasteiger partial charge in [-0.05, 0) is 36.0 Å². The van der Waals surface area contributed by atoms with Crippen LogP contribution in [-0.4, -0.2) is 34.2 Å². The van der Waals surface area contributed by atoms with Crippen molar-refractivity contribution in [2.24, 2.45) is 0 Å². The molecule has 126 valence electrons. The summed E-state index contributed by atoms with van der Waals surface area (Å²) in [6.45, 7) is 0.600. The number of amides is 1. The summed E-state index contributed by atoms with van der Waals surface area (Å²) in [5, 5.41) is 11.9. The van der Waals surface area contributed by atoms with Crippen LogP contribution in [0.15, 0.2) is 48.5 Å². The van der Waals surface area contributed by atoms with Gasteiger partial charge < -0.3 is 10.0 Å². The Morgan fingerprint density at radius 2 is 1.96 bits per heavy atom. The van der Waals surface area contributed by atoms with Crippen molar-refractivity contribution in [2.45, 2.75) is 6.54 Å². The zero-order valence-corrected chi connectivity index (χ0v) is 14.3. The average molecular weight is 367 g/mol. The lowest BCUT2D eigenvalue weighted by molar-refractivity contribution is 0.0972. The minimum atomic E-state index is -0.527. The van der Waals surface area contributed by atoms with Gasteiger partial charge in [-0.25, -0.2) is 4.39 Å². The predicted octanol–water partition coefficient (Wildman–Crippen LogP) is 2.99. The van der Waals surface area contributed by atoms with Gasteiger partial charge in [0, 0.05) is 13.1 Å². The van der Waals surface area contributed by atoms with Crippen LogP contribution in [0.4, 0.5) is 4.39 Å². The SMILES string of the molecule is O=C(NC(=S)N(CCO)Cc1ccccc1)c1ccc(F)cc1Cl. The topological polar surface area (TPSA) is 52.6 Å². The summed E-state index contributed by atoms with van der Waals surface area (Å²) in [6.07, 6.45) is 0. The van der Waals surface area contributed by atoms with Crippen molar-refractivity contribution in [3.63, 3.8) is 0 Å². The number of aliphatic hydroxyl groups excluding tert-OH is 1. The van der Waals surface area contributed by atoms with E-state index in [9.17, 15) is 14.3 Å². The normalized spacial score (nSPS) is 10.3. The molecule has 0 saturated heterocycles. The summed E-state index contributed by atoms with van der Waals surface area (Å²) >= 11 is 11.1. The summed E-state index contributed by atoms with van der Waals surface area (Å²) in [7, 11) is 0. The molecule has 0 aromatic heterocycles. The van der Waals surface area contributed by atoms with Crippen molar-refractivity contribution in [2.75, 3.05) is 13.2 Å². The van der Waals surface area contributed by atoms with Crippen LogP contribution in [-0.2, 0) is 6.54 Å². The van der Waals surface area contributed by atoms with Crippen LogP contribution in [0.25, 0.3) is 0 Å². The van der Waals surface area contributed by atoms with Gasteiger partial charge in [-0.15, -0.1) is 0 Å². The first-order chi connectivity index (χ1) is 11.5. The molecule has 2 aromatic rings. The molecule has 24 heavy (non-hydrogen) atoms. The van der Waals surface area contributed by atoms with Crippen molar-refractivity contribution in [1.29, 1.82) is 0 Å². The highest BCUT2D eigenvalue weighted by molar-refractivity contribution is 7.80. The minimum absolute atomic E-state index is 0.00654. The van der Waals surface area contributed by atoms with E-state index in [2.05, 4.69) is 5.32 Å². The van der Waals surface area contributed by atoms with E-state index in [1.165, 1.54) is 6.07 Å². The summed E-state index contributed by atoms with van der Waals surface area (Å²) < 4.78 is 13.1. The van der Waals surface area contributed by atoms with Crippen molar-refractivity contribution >= 4 is 34.8 Å². The first-order valence-corrected chi connectivity index (χ1v) is 8.00. The van der Waals surface area contributed by atoms with E-state index in [0.717, 1.165) is 17.7 Å². The van der Waals surface area contributed by atoms with Crippen molar-refractivity contribution < 1.29 is 14.3 Å². The third kappa shape index (κ3) is 4.99. The standard InChI is InChI=1S/C17H16ClFN2O2S/c18-15-10-13(19)6-7-14(15)16(23)20-17(24)21(8-9-22)11-12-4-2-1-3-5-12/h1-7,10,22H,8-9,11H2,(H,20,23,24). The lowest BCUT2D eigenvalue weighted by Crippen LogP contribution is -2.43. The molecule has 0 aliphatic heterocycles. The number of carbonyl (C=O) groups is 1. The van der Waals surface area contributed by atoms with Crippen molar-refractivity contribution in [3.8, 4) is 0 Å². The number of halogens is 2. The van der Waals surface area contributed by atoms with E-state index in [0.29, 0.717) is 6.54 Å². The highest BCUT2D eigenvalue weighted by Gasteiger charge is 2.16. The number of nitrogens with zero attached hydrogens (tertiary/aromatic N) is 1. The maximum Gasteiger partial charge on any atom is 0.258 e. The van der Waals surface area contributed by atoms with E-state index >= 15 is 0 Å². The van der Waals surface area contributed by atoms with Gasteiger partial charge in [0.05, 0.1) is 17.2 Å². The Bertz CT molecular complexity index is 728. The maximum absolute atomic E-state index is 13.1. The number of rotatable bonds is 5. The zero-order chi connectivity index (χ0) is 17.5. The molecule has 2 rings (SSSR count). The first kappa shape index (κ1) is 18.3. The van der Waals surface area contributed by atoms with Gasteiger partial charge in [-0.1, -0.05) is 41.9 Å². The largest absolute Gasteiger partial charge is 0.395 e. The molecule has 0 aliphatic carbocycles. The Hall–Kier alpha value is -2.02. The van der Waals surface area contributed by atoms with E-state index in [1.807, 2.05) is 30.3 Å². The van der Waals surface area contributed by atoms with Gasteiger partial charge in [0.15, 0.2) is 5.11 Å². The lowest BCUT2D eigenvalue weighted by atomic mass is 10.2. The molecular weight excluding hydrogens is 351 g/mol. The summed E-state index contributed by atoms with van der Waals surface area (Å²) in [4.78, 5) is 13.9. The second-order valence-electron chi connectivity index (χ2n) is 5.01. The number of aliphatic hydroxyl groups is 1. The van der Waals surface area contributed by atoms with Gasteiger partial charge >= 0.3 is 0 Å². The third-order valence-corrected chi connectivity index (χ3v) is 3.94. The van der Waals surface area contributed by atoms with Crippen LogP contribution in [0.3, 0.4) is 0 Å². The minimum Gasteiger partial charge on any atom is -0.395 e. The van der Waals surface area contributed by atoms with Gasteiger partial charge in [-0.2, -0.15) is 0 Å². The molecule has 0 saturated carbocycles. The monoisotopic (exact) mass is 366 g/mol. The molecule has 0 atom stereocenters. The van der Waals surface area contributed by atoms with Crippen LogP contribution in [0, 0.1) is 5.82 Å². The molecule has 0 unspecified atom stereocenters. The molecule has 2 aromatic carbocycles. The molecule has 0 aliphatic rings. The Kier molecular flexibility index (Phi) is 6.66. The highest BCUT2D eigenvalue weighted by atomic mass is 35.5. The third-order valence-electron chi connectivity index (χ3n) is 3.27. The molecule has 1 amide bonds. The molecule has 4 nitrogen and oxygen atoms in total. The first-order valence-electron chi connectivity index (χ1n) is 7.21. The van der Waals surface area contributed by atoms with Crippen molar-refractivity contribution in [3.05, 3.63) is 70.5 Å². The molecule has 0 bridgehead atoms. The Morgan fingerprint density at radius 3 is 2.58 bits per heavy atom. The second-order valence-corrected chi connectivity index (χ2v) is 5.81. The molecule has 0 fully saturated rings. The van der Waals surface area contributed by atoms with Gasteiger partial charge in [0.1, 0.15) is 5.82 Å². The lowest BCUT2D eigenvalue weighted by Gasteiger charge is -2.24. The second kappa shape index (κ2) is 8.73. The van der Waals surface area contributed by atoms with Crippen LogP contribution in [0.2, 0.25) is 5.02 Å². The number of hydrogen-bond acceptors (Lipinski definition) is 3. The molecule has 0 heterocycles. The van der Waals surface area contributed by atoms with Crippen LogP contribution >= 0.6 is 23.8 Å². The van der Waals surface area contributed by atoms with E-state index in [1.54, 1.807) is 4.90 Å². The number of carbonyl (C=O) groups excluding carboxylic acids is 1. The molecular formula is C17H16ClFN2O2S. The quantitative estimate of drug-likeness (QED) is 0.799. The number of nitrogens with one attached hydrogen (secondary N) is 1. The predicted molar refractivity (Wildman–Crippen MR) is 95.4 cm³/mol. The summed E-state index contributed by atoms with van der Waals surface area (Å²) in [5.74, 6) is -1.05. The van der Waals surface area contributed by atoms with Crippen LogP contribution in [0.5, 0.6) is 0 Å². The highest BCUT2D eigenvalue weighted by Crippen LogP contribution is 2.17. The molecule has 2 N–H and O–H groups in total. The number of hydrogen-bond donors (Lipinski definition) is 2. The smallest absolute Gasteiger partial charge is 0.258 e. The van der Waals surface area contributed by atoms with Crippen molar-refractivity contribution in [1.82, 2.24) is 10.2 Å². The van der Waals surface area contributed by atoms with Crippen LogP contribution in [0.1, 0.15) is 15.9 Å². The van der Waals surface area contributed by atoms with Crippen LogP contribution < -0.4 is 5.32 Å². The van der Waals surface area contributed by atoms with E-state index < -0.39 is 11.7 Å². The van der Waals surface area contributed by atoms with Gasteiger partial charge in [0.2, 0.25) is 0 Å². The van der Waals surface area contributed by atoms with Gasteiger partial charge in [0.25, 0.3) is 5.91 Å². The Balaban J connectivity index is 2.08. The Labute approximate surface area is 149 Å². The Morgan fingerprint density at radius 1 is 1.25 bits per heavy atom. The molecule has 0 spiro atoms. The fourth-order valence-electron chi connectivity index (χ4n) is 2.09. The molecule has 0 radical (unpaired) electrons. The fourth-order valence-corrected chi connectivity index (χ4v) is 2.60. The summed E-state index contributed by atoms with van der Waals surface area (Å²) in [6, 6.07) is 13.0. The maximum atomic E-state index is 13.1. The van der Waals surface area contributed by atoms with E-state index in [-0.39, 0.29) is 28.9 Å². The van der Waals surface area contributed by atoms with E-state index in [4.69, 9.17) is 23.8 Å². The number of thiocarbonyl (C=S) groups is 1. The average Bonchev–Trinajstić information content (AvgIpc) is 2.55. The fraction of sp³-hybridized carbons (Fsp3) is 0.176. The number of benzene rings is 2. The van der Waals surface area contributed by atoms with Gasteiger partial charge in [-0.3, -0.25) is 10.1 Å².